The van der Waals surface area contributed by atoms with E-state index in [2.05, 4.69) is 9.97 Å². The van der Waals surface area contributed by atoms with Crippen molar-refractivity contribution >= 4 is 28.9 Å². The van der Waals surface area contributed by atoms with E-state index in [1.165, 1.54) is 13.4 Å². The molecule has 0 spiro atoms. The van der Waals surface area contributed by atoms with E-state index in [1.54, 1.807) is 18.2 Å². The van der Waals surface area contributed by atoms with E-state index in [0.717, 1.165) is 0 Å². The van der Waals surface area contributed by atoms with Crippen LogP contribution in [0.3, 0.4) is 0 Å². The van der Waals surface area contributed by atoms with Crippen molar-refractivity contribution in [3.05, 3.63) is 34.6 Å². The zero-order chi connectivity index (χ0) is 13.1. The van der Waals surface area contributed by atoms with Crippen LogP contribution in [0.5, 0.6) is 17.5 Å². The Morgan fingerprint density at radius 3 is 2.28 bits per heavy atom. The quantitative estimate of drug-likeness (QED) is 0.938. The van der Waals surface area contributed by atoms with Gasteiger partial charge in [0.05, 0.1) is 7.11 Å². The van der Waals surface area contributed by atoms with Gasteiger partial charge in [0.15, 0.2) is 5.69 Å². The number of nitrogens with two attached hydrogens (primary N) is 1. The number of ether oxygens (including phenoxy) is 2. The minimum atomic E-state index is 0.181. The van der Waals surface area contributed by atoms with E-state index in [0.29, 0.717) is 15.8 Å². The van der Waals surface area contributed by atoms with Crippen LogP contribution in [0, 0.1) is 0 Å². The summed E-state index contributed by atoms with van der Waals surface area (Å²) in [7, 11) is 1.46. The Bertz CT molecular complexity index is 558. The van der Waals surface area contributed by atoms with E-state index in [9.17, 15) is 0 Å². The van der Waals surface area contributed by atoms with Gasteiger partial charge in [0.1, 0.15) is 12.1 Å². The molecule has 0 aliphatic heterocycles. The summed E-state index contributed by atoms with van der Waals surface area (Å²) in [5.74, 6) is 0.855. The lowest BCUT2D eigenvalue weighted by molar-refractivity contribution is 0.391. The fraction of sp³-hybridized carbons (Fsp3) is 0.0909. The highest BCUT2D eigenvalue weighted by Crippen LogP contribution is 2.32. The van der Waals surface area contributed by atoms with Gasteiger partial charge in [-0.2, -0.15) is 9.97 Å². The molecule has 0 bridgehead atoms. The number of anilines is 1. The number of nitrogens with zero attached hydrogens (tertiary/aromatic N) is 2. The third-order valence-electron chi connectivity index (χ3n) is 2.05. The summed E-state index contributed by atoms with van der Waals surface area (Å²) < 4.78 is 10.5. The standard InChI is InChI=1S/C11H9Cl2N3O2/c1-17-10-9(14)11(16-5-15-10)18-8-3-6(12)2-7(13)4-8/h2-5H,14H2,1H3. The predicted molar refractivity (Wildman–Crippen MR) is 69.5 cm³/mol. The second-order valence-corrected chi connectivity index (χ2v) is 4.18. The number of halogens is 2. The molecule has 1 aromatic carbocycles. The van der Waals surface area contributed by atoms with Crippen molar-refractivity contribution in [1.82, 2.24) is 9.97 Å². The molecule has 0 amide bonds. The maximum atomic E-state index is 5.86. The van der Waals surface area contributed by atoms with Crippen molar-refractivity contribution in [3.63, 3.8) is 0 Å². The Kier molecular flexibility index (Phi) is 3.74. The lowest BCUT2D eigenvalue weighted by Crippen LogP contribution is -2.00. The van der Waals surface area contributed by atoms with E-state index >= 15 is 0 Å². The average Bonchev–Trinajstić information content (AvgIpc) is 2.30. The first kappa shape index (κ1) is 12.7. The highest BCUT2D eigenvalue weighted by molar-refractivity contribution is 6.34. The van der Waals surface area contributed by atoms with Crippen LogP contribution >= 0.6 is 23.2 Å². The molecule has 2 rings (SSSR count). The van der Waals surface area contributed by atoms with E-state index in [4.69, 9.17) is 38.4 Å². The SMILES string of the molecule is COc1ncnc(Oc2cc(Cl)cc(Cl)c2)c1N. The summed E-state index contributed by atoms with van der Waals surface area (Å²) in [5, 5.41) is 0.911. The topological polar surface area (TPSA) is 70.3 Å². The second-order valence-electron chi connectivity index (χ2n) is 3.31. The molecule has 5 nitrogen and oxygen atoms in total. The Morgan fingerprint density at radius 1 is 1.06 bits per heavy atom. The summed E-state index contributed by atoms with van der Waals surface area (Å²) in [6.45, 7) is 0. The minimum absolute atomic E-state index is 0.181. The van der Waals surface area contributed by atoms with Crippen molar-refractivity contribution in [2.75, 3.05) is 12.8 Å². The predicted octanol–water partition coefficient (Wildman–Crippen LogP) is 3.17. The van der Waals surface area contributed by atoms with E-state index < -0.39 is 0 Å². The third kappa shape index (κ3) is 2.75. The molecule has 0 aliphatic rings. The monoisotopic (exact) mass is 285 g/mol. The van der Waals surface area contributed by atoms with Gasteiger partial charge in [-0.3, -0.25) is 0 Å². The Balaban J connectivity index is 2.34. The molecule has 1 aromatic heterocycles. The molecule has 0 saturated heterocycles. The molecule has 0 unspecified atom stereocenters. The van der Waals surface area contributed by atoms with Crippen molar-refractivity contribution in [3.8, 4) is 17.5 Å². The maximum Gasteiger partial charge on any atom is 0.249 e. The van der Waals surface area contributed by atoms with Crippen molar-refractivity contribution in [2.24, 2.45) is 0 Å². The van der Waals surface area contributed by atoms with Crippen molar-refractivity contribution in [1.29, 1.82) is 0 Å². The Morgan fingerprint density at radius 2 is 1.67 bits per heavy atom. The van der Waals surface area contributed by atoms with Crippen LogP contribution in [0.15, 0.2) is 24.5 Å². The molecular weight excluding hydrogens is 277 g/mol. The lowest BCUT2D eigenvalue weighted by Gasteiger charge is -2.09. The van der Waals surface area contributed by atoms with Crippen molar-refractivity contribution in [2.45, 2.75) is 0 Å². The summed E-state index contributed by atoms with van der Waals surface area (Å²) in [6, 6.07) is 4.79. The van der Waals surface area contributed by atoms with Crippen LogP contribution in [-0.4, -0.2) is 17.1 Å². The van der Waals surface area contributed by atoms with Crippen LogP contribution in [0.1, 0.15) is 0 Å². The number of rotatable bonds is 3. The number of hydrogen-bond donors (Lipinski definition) is 1. The van der Waals surface area contributed by atoms with E-state index in [-0.39, 0.29) is 17.4 Å². The highest BCUT2D eigenvalue weighted by Gasteiger charge is 2.11. The number of aromatic nitrogens is 2. The molecule has 1 heterocycles. The van der Waals surface area contributed by atoms with Gasteiger partial charge in [-0.05, 0) is 18.2 Å². The molecule has 0 aliphatic carbocycles. The fourth-order valence-electron chi connectivity index (χ4n) is 1.31. The molecule has 2 aromatic rings. The number of methoxy groups -OCH3 is 1. The molecule has 0 saturated carbocycles. The van der Waals surface area contributed by atoms with Gasteiger partial charge in [0.25, 0.3) is 0 Å². The number of hydrogen-bond acceptors (Lipinski definition) is 5. The highest BCUT2D eigenvalue weighted by atomic mass is 35.5. The first-order valence-corrected chi connectivity index (χ1v) is 5.64. The molecule has 2 N–H and O–H groups in total. The summed E-state index contributed by atoms with van der Waals surface area (Å²) in [5.41, 5.74) is 5.98. The largest absolute Gasteiger partial charge is 0.479 e. The summed E-state index contributed by atoms with van der Waals surface area (Å²) in [6.07, 6.45) is 1.29. The molecule has 0 atom stereocenters. The molecule has 7 heteroatoms. The van der Waals surface area contributed by atoms with Crippen LogP contribution in [0.2, 0.25) is 10.0 Å². The van der Waals surface area contributed by atoms with Gasteiger partial charge < -0.3 is 15.2 Å². The molecule has 18 heavy (non-hydrogen) atoms. The van der Waals surface area contributed by atoms with E-state index in [1.807, 2.05) is 0 Å². The van der Waals surface area contributed by atoms with Gasteiger partial charge in [-0.25, -0.2) is 0 Å². The van der Waals surface area contributed by atoms with Gasteiger partial charge in [0.2, 0.25) is 11.8 Å². The summed E-state index contributed by atoms with van der Waals surface area (Å²) in [4.78, 5) is 7.76. The second kappa shape index (κ2) is 5.29. The maximum absolute atomic E-state index is 5.86. The third-order valence-corrected chi connectivity index (χ3v) is 2.49. The minimum Gasteiger partial charge on any atom is -0.479 e. The number of benzene rings is 1. The van der Waals surface area contributed by atoms with Gasteiger partial charge >= 0.3 is 0 Å². The fourth-order valence-corrected chi connectivity index (χ4v) is 1.81. The molecule has 0 fully saturated rings. The zero-order valence-corrected chi connectivity index (χ0v) is 10.9. The lowest BCUT2D eigenvalue weighted by atomic mass is 10.3. The molecular formula is C11H9Cl2N3O2. The first-order chi connectivity index (χ1) is 8.60. The van der Waals surface area contributed by atoms with Crippen LogP contribution in [0.25, 0.3) is 0 Å². The summed E-state index contributed by atoms with van der Waals surface area (Å²) >= 11 is 11.7. The Hall–Kier alpha value is -1.72. The average molecular weight is 286 g/mol. The zero-order valence-electron chi connectivity index (χ0n) is 9.35. The van der Waals surface area contributed by atoms with Gasteiger partial charge in [0, 0.05) is 10.0 Å². The first-order valence-electron chi connectivity index (χ1n) is 4.88. The smallest absolute Gasteiger partial charge is 0.249 e. The number of nitrogen functional groups attached to an aromatic ring is 1. The van der Waals surface area contributed by atoms with Crippen LogP contribution in [0.4, 0.5) is 5.69 Å². The van der Waals surface area contributed by atoms with Crippen LogP contribution < -0.4 is 15.2 Å². The van der Waals surface area contributed by atoms with Gasteiger partial charge in [-0.15, -0.1) is 0 Å². The van der Waals surface area contributed by atoms with Gasteiger partial charge in [-0.1, -0.05) is 23.2 Å². The molecule has 94 valence electrons. The molecule has 0 radical (unpaired) electrons. The normalized spacial score (nSPS) is 10.2. The Labute approximate surface area is 113 Å². The van der Waals surface area contributed by atoms with Crippen LogP contribution in [-0.2, 0) is 0 Å². The van der Waals surface area contributed by atoms with Crippen molar-refractivity contribution < 1.29 is 9.47 Å².